The summed E-state index contributed by atoms with van der Waals surface area (Å²) in [7, 11) is -3.46. The number of nitrogens with zero attached hydrogens (tertiary/aromatic N) is 4. The highest BCUT2D eigenvalue weighted by atomic mass is 32.2. The SMILES string of the molecule is CCOc1ccc(S(=O)(=O)N2CCN(Cc3cn(CC)nc3C)CC2)cc1. The van der Waals surface area contributed by atoms with Gasteiger partial charge in [-0.25, -0.2) is 8.42 Å². The molecule has 0 bridgehead atoms. The molecular formula is C19H28N4O3S. The summed E-state index contributed by atoms with van der Waals surface area (Å²) in [4.78, 5) is 2.60. The van der Waals surface area contributed by atoms with Gasteiger partial charge in [-0.05, 0) is 45.0 Å². The van der Waals surface area contributed by atoms with Crippen molar-refractivity contribution >= 4 is 10.0 Å². The molecule has 0 saturated carbocycles. The van der Waals surface area contributed by atoms with Gasteiger partial charge in [0.1, 0.15) is 5.75 Å². The van der Waals surface area contributed by atoms with Crippen molar-refractivity contribution in [3.05, 3.63) is 41.7 Å². The number of piperazine rings is 1. The van der Waals surface area contributed by atoms with Crippen molar-refractivity contribution in [2.24, 2.45) is 0 Å². The highest BCUT2D eigenvalue weighted by molar-refractivity contribution is 7.89. The minimum Gasteiger partial charge on any atom is -0.494 e. The number of hydrogen-bond acceptors (Lipinski definition) is 5. The molecule has 2 heterocycles. The molecule has 1 aromatic carbocycles. The van der Waals surface area contributed by atoms with Crippen molar-refractivity contribution in [3.8, 4) is 5.75 Å². The van der Waals surface area contributed by atoms with Crippen molar-refractivity contribution in [2.75, 3.05) is 32.8 Å². The van der Waals surface area contributed by atoms with Gasteiger partial charge in [0.15, 0.2) is 0 Å². The molecule has 0 amide bonds. The first kappa shape index (κ1) is 19.9. The topological polar surface area (TPSA) is 67.7 Å². The van der Waals surface area contributed by atoms with E-state index in [-0.39, 0.29) is 0 Å². The van der Waals surface area contributed by atoms with E-state index in [1.165, 1.54) is 5.56 Å². The predicted octanol–water partition coefficient (Wildman–Crippen LogP) is 2.12. The Kier molecular flexibility index (Phi) is 6.18. The number of ether oxygens (including phenoxy) is 1. The zero-order valence-corrected chi connectivity index (χ0v) is 17.1. The van der Waals surface area contributed by atoms with Gasteiger partial charge in [-0.3, -0.25) is 9.58 Å². The first-order valence-electron chi connectivity index (χ1n) is 9.42. The van der Waals surface area contributed by atoms with Crippen molar-refractivity contribution in [1.29, 1.82) is 0 Å². The molecule has 0 atom stereocenters. The number of benzene rings is 1. The van der Waals surface area contributed by atoms with E-state index in [4.69, 9.17) is 4.74 Å². The molecule has 1 fully saturated rings. The first-order valence-corrected chi connectivity index (χ1v) is 10.9. The van der Waals surface area contributed by atoms with Crippen LogP contribution in [-0.2, 0) is 23.1 Å². The monoisotopic (exact) mass is 392 g/mol. The van der Waals surface area contributed by atoms with Crippen LogP contribution < -0.4 is 4.74 Å². The summed E-state index contributed by atoms with van der Waals surface area (Å²) in [5.41, 5.74) is 2.25. The van der Waals surface area contributed by atoms with Crippen LogP contribution in [0.5, 0.6) is 5.75 Å². The van der Waals surface area contributed by atoms with Crippen molar-refractivity contribution in [2.45, 2.75) is 38.8 Å². The molecule has 27 heavy (non-hydrogen) atoms. The van der Waals surface area contributed by atoms with Crippen LogP contribution in [0, 0.1) is 6.92 Å². The normalized spacial score (nSPS) is 16.6. The van der Waals surface area contributed by atoms with E-state index in [1.54, 1.807) is 28.6 Å². The molecule has 148 valence electrons. The first-order chi connectivity index (χ1) is 12.9. The standard InChI is InChI=1S/C19H28N4O3S/c1-4-22-15-17(16(3)20-22)14-21-10-12-23(13-11-21)27(24,25)19-8-6-18(7-9-19)26-5-2/h6-9,15H,4-5,10-14H2,1-3H3. The molecule has 8 heteroatoms. The van der Waals surface area contributed by atoms with Gasteiger partial charge in [0, 0.05) is 51.0 Å². The largest absolute Gasteiger partial charge is 0.494 e. The molecule has 0 aliphatic carbocycles. The van der Waals surface area contributed by atoms with Gasteiger partial charge in [-0.2, -0.15) is 9.40 Å². The maximum atomic E-state index is 12.9. The second kappa shape index (κ2) is 8.41. The van der Waals surface area contributed by atoms with Crippen molar-refractivity contribution in [3.63, 3.8) is 0 Å². The van der Waals surface area contributed by atoms with Gasteiger partial charge in [-0.15, -0.1) is 0 Å². The van der Waals surface area contributed by atoms with E-state index < -0.39 is 10.0 Å². The van der Waals surface area contributed by atoms with E-state index in [9.17, 15) is 8.42 Å². The summed E-state index contributed by atoms with van der Waals surface area (Å²) in [5.74, 6) is 0.685. The van der Waals surface area contributed by atoms with Crippen LogP contribution in [0.1, 0.15) is 25.1 Å². The smallest absolute Gasteiger partial charge is 0.243 e. The molecular weight excluding hydrogens is 364 g/mol. The third-order valence-electron chi connectivity index (χ3n) is 4.87. The molecule has 0 spiro atoms. The van der Waals surface area contributed by atoms with Gasteiger partial charge >= 0.3 is 0 Å². The summed E-state index contributed by atoms with van der Waals surface area (Å²) in [6.45, 7) is 10.6. The van der Waals surface area contributed by atoms with E-state index in [2.05, 4.69) is 23.1 Å². The van der Waals surface area contributed by atoms with Gasteiger partial charge in [0.2, 0.25) is 10.0 Å². The van der Waals surface area contributed by atoms with Gasteiger partial charge in [0.05, 0.1) is 17.2 Å². The van der Waals surface area contributed by atoms with E-state index in [1.807, 2.05) is 18.5 Å². The van der Waals surface area contributed by atoms with Crippen LogP contribution in [0.3, 0.4) is 0 Å². The average Bonchev–Trinajstić information content (AvgIpc) is 3.03. The minimum absolute atomic E-state index is 0.319. The number of rotatable bonds is 7. The lowest BCUT2D eigenvalue weighted by molar-refractivity contribution is 0.181. The molecule has 1 aliphatic heterocycles. The van der Waals surface area contributed by atoms with E-state index >= 15 is 0 Å². The van der Waals surface area contributed by atoms with Crippen LogP contribution in [-0.4, -0.2) is 60.2 Å². The summed E-state index contributed by atoms with van der Waals surface area (Å²) in [6, 6.07) is 6.66. The highest BCUT2D eigenvalue weighted by Gasteiger charge is 2.28. The Labute approximate surface area is 161 Å². The Bertz CT molecular complexity index is 854. The number of hydrogen-bond donors (Lipinski definition) is 0. The molecule has 1 aliphatic rings. The van der Waals surface area contributed by atoms with E-state index in [0.717, 1.165) is 18.8 Å². The lowest BCUT2D eigenvalue weighted by atomic mass is 10.2. The van der Waals surface area contributed by atoms with Crippen molar-refractivity contribution < 1.29 is 13.2 Å². The number of sulfonamides is 1. The zero-order chi connectivity index (χ0) is 19.4. The summed E-state index contributed by atoms with van der Waals surface area (Å²) < 4.78 is 34.6. The summed E-state index contributed by atoms with van der Waals surface area (Å²) >= 11 is 0. The maximum Gasteiger partial charge on any atom is 0.243 e. The van der Waals surface area contributed by atoms with Gasteiger partial charge in [0.25, 0.3) is 0 Å². The van der Waals surface area contributed by atoms with E-state index in [0.29, 0.717) is 43.4 Å². The van der Waals surface area contributed by atoms with Crippen LogP contribution in [0.2, 0.25) is 0 Å². The zero-order valence-electron chi connectivity index (χ0n) is 16.3. The number of aryl methyl sites for hydroxylation is 2. The molecule has 3 rings (SSSR count). The quantitative estimate of drug-likeness (QED) is 0.722. The maximum absolute atomic E-state index is 12.9. The van der Waals surface area contributed by atoms with Crippen LogP contribution in [0.25, 0.3) is 0 Å². The fourth-order valence-electron chi connectivity index (χ4n) is 3.27. The molecule has 1 aromatic heterocycles. The second-order valence-corrected chi connectivity index (χ2v) is 8.62. The Morgan fingerprint density at radius 1 is 1.07 bits per heavy atom. The minimum atomic E-state index is -3.46. The highest BCUT2D eigenvalue weighted by Crippen LogP contribution is 2.21. The molecule has 1 saturated heterocycles. The molecule has 7 nitrogen and oxygen atoms in total. The molecule has 0 N–H and O–H groups in total. The lowest BCUT2D eigenvalue weighted by Crippen LogP contribution is -2.48. The molecule has 0 unspecified atom stereocenters. The Hall–Kier alpha value is -1.90. The summed E-state index contributed by atoms with van der Waals surface area (Å²) in [6.07, 6.45) is 2.08. The molecule has 2 aromatic rings. The fraction of sp³-hybridized carbons (Fsp3) is 0.526. The Morgan fingerprint density at radius 3 is 2.30 bits per heavy atom. The fourth-order valence-corrected chi connectivity index (χ4v) is 4.69. The lowest BCUT2D eigenvalue weighted by Gasteiger charge is -2.33. The second-order valence-electron chi connectivity index (χ2n) is 6.68. The predicted molar refractivity (Wildman–Crippen MR) is 104 cm³/mol. The van der Waals surface area contributed by atoms with Gasteiger partial charge < -0.3 is 4.74 Å². The average molecular weight is 393 g/mol. The Morgan fingerprint density at radius 2 is 1.74 bits per heavy atom. The third-order valence-corrected chi connectivity index (χ3v) is 6.78. The van der Waals surface area contributed by atoms with Crippen LogP contribution in [0.4, 0.5) is 0 Å². The van der Waals surface area contributed by atoms with Crippen LogP contribution in [0.15, 0.2) is 35.4 Å². The Balaban J connectivity index is 1.61. The third kappa shape index (κ3) is 4.51. The summed E-state index contributed by atoms with van der Waals surface area (Å²) in [5, 5.41) is 4.48. The molecule has 0 radical (unpaired) electrons. The van der Waals surface area contributed by atoms with Crippen molar-refractivity contribution in [1.82, 2.24) is 19.0 Å². The van der Waals surface area contributed by atoms with Gasteiger partial charge in [-0.1, -0.05) is 0 Å². The number of aromatic nitrogens is 2. The van der Waals surface area contributed by atoms with Crippen LogP contribution >= 0.6 is 0 Å².